The van der Waals surface area contributed by atoms with Gasteiger partial charge in [-0.25, -0.2) is 4.98 Å². The van der Waals surface area contributed by atoms with E-state index in [0.29, 0.717) is 5.76 Å². The second-order valence-electron chi connectivity index (χ2n) is 9.62. The molecule has 1 aliphatic rings. The number of carbonyl (C=O) groups excluding carboxylic acids is 2. The van der Waals surface area contributed by atoms with Crippen molar-refractivity contribution in [1.82, 2.24) is 19.8 Å². The van der Waals surface area contributed by atoms with Crippen molar-refractivity contribution < 1.29 is 14.0 Å². The topological polar surface area (TPSA) is 80.4 Å². The summed E-state index contributed by atoms with van der Waals surface area (Å²) < 4.78 is 7.44. The molecule has 2 amide bonds. The Morgan fingerprint density at radius 1 is 1.06 bits per heavy atom. The van der Waals surface area contributed by atoms with Gasteiger partial charge in [0.25, 0.3) is 0 Å². The summed E-state index contributed by atoms with van der Waals surface area (Å²) in [5.74, 6) is 0.293. The SMILES string of the molecule is Cc1ccc([C@H](C(=O)NC2CCCCC2)N(Cc2ccco2)C(=O)Cn2cnc3ccccc32)cc1. The Morgan fingerprint density at radius 3 is 2.58 bits per heavy atom. The number of rotatable bonds is 8. The molecular weight excluding hydrogens is 452 g/mol. The molecule has 0 bridgehead atoms. The number of nitrogens with zero attached hydrogens (tertiary/aromatic N) is 3. The highest BCUT2D eigenvalue weighted by atomic mass is 16.3. The quantitative estimate of drug-likeness (QED) is 0.375. The molecule has 1 atom stereocenters. The molecule has 0 spiro atoms. The zero-order valence-electron chi connectivity index (χ0n) is 20.6. The average molecular weight is 485 g/mol. The number of furan rings is 1. The molecule has 7 heteroatoms. The highest BCUT2D eigenvalue weighted by Gasteiger charge is 2.33. The van der Waals surface area contributed by atoms with E-state index in [1.807, 2.05) is 66.1 Å². The fraction of sp³-hybridized carbons (Fsp3) is 0.345. The predicted molar refractivity (Wildman–Crippen MR) is 138 cm³/mol. The minimum Gasteiger partial charge on any atom is -0.467 e. The molecule has 2 aromatic carbocycles. The number of amides is 2. The van der Waals surface area contributed by atoms with Crippen LogP contribution in [0.1, 0.15) is 55.0 Å². The molecule has 1 aliphatic carbocycles. The van der Waals surface area contributed by atoms with Gasteiger partial charge in [0.2, 0.25) is 11.8 Å². The minimum absolute atomic E-state index is 0.0697. The highest BCUT2D eigenvalue weighted by molar-refractivity contribution is 5.89. The smallest absolute Gasteiger partial charge is 0.247 e. The molecule has 0 saturated heterocycles. The standard InChI is InChI=1S/C29H32N4O3/c1-21-13-15-22(16-14-21)28(29(35)31-23-8-3-2-4-9-23)33(18-24-10-7-17-36-24)27(34)19-32-20-30-25-11-5-6-12-26(25)32/h5-7,10-17,20,23,28H,2-4,8-9,18-19H2,1H3,(H,31,35)/t28-/m1/s1. The molecule has 186 valence electrons. The van der Waals surface area contributed by atoms with Crippen molar-refractivity contribution >= 4 is 22.8 Å². The van der Waals surface area contributed by atoms with Crippen LogP contribution < -0.4 is 5.32 Å². The molecule has 0 unspecified atom stereocenters. The Labute approximate surface area is 211 Å². The van der Waals surface area contributed by atoms with Gasteiger partial charge in [0.15, 0.2) is 0 Å². The lowest BCUT2D eigenvalue weighted by Gasteiger charge is -2.33. The van der Waals surface area contributed by atoms with Gasteiger partial charge in [-0.2, -0.15) is 0 Å². The minimum atomic E-state index is -0.778. The van der Waals surface area contributed by atoms with Gasteiger partial charge in [0.05, 0.1) is 30.2 Å². The molecule has 0 radical (unpaired) electrons. The molecule has 2 heterocycles. The van der Waals surface area contributed by atoms with Crippen molar-refractivity contribution in [2.24, 2.45) is 0 Å². The summed E-state index contributed by atoms with van der Waals surface area (Å²) in [6.45, 7) is 2.27. The summed E-state index contributed by atoms with van der Waals surface area (Å²) in [7, 11) is 0. The van der Waals surface area contributed by atoms with Crippen LogP contribution in [0.5, 0.6) is 0 Å². The maximum absolute atomic E-state index is 13.9. The van der Waals surface area contributed by atoms with Crippen LogP contribution in [-0.4, -0.2) is 32.3 Å². The molecule has 4 aromatic rings. The molecule has 1 saturated carbocycles. The Morgan fingerprint density at radius 2 is 1.83 bits per heavy atom. The van der Waals surface area contributed by atoms with Crippen LogP contribution >= 0.6 is 0 Å². The first-order valence-electron chi connectivity index (χ1n) is 12.7. The lowest BCUT2D eigenvalue weighted by Crippen LogP contribution is -2.47. The highest BCUT2D eigenvalue weighted by Crippen LogP contribution is 2.27. The van der Waals surface area contributed by atoms with E-state index >= 15 is 0 Å². The van der Waals surface area contributed by atoms with E-state index in [1.54, 1.807) is 23.6 Å². The lowest BCUT2D eigenvalue weighted by molar-refractivity contribution is -0.142. The van der Waals surface area contributed by atoms with Crippen molar-refractivity contribution in [2.45, 2.75) is 64.2 Å². The lowest BCUT2D eigenvalue weighted by atomic mass is 9.94. The summed E-state index contributed by atoms with van der Waals surface area (Å²) in [5, 5.41) is 3.25. The second-order valence-corrected chi connectivity index (χ2v) is 9.62. The third kappa shape index (κ3) is 5.35. The predicted octanol–water partition coefficient (Wildman–Crippen LogP) is 5.16. The zero-order chi connectivity index (χ0) is 24.9. The van der Waals surface area contributed by atoms with Crippen LogP contribution in [0.2, 0.25) is 0 Å². The normalized spacial score (nSPS) is 15.0. The monoisotopic (exact) mass is 484 g/mol. The number of hydrogen-bond acceptors (Lipinski definition) is 4. The van der Waals surface area contributed by atoms with Crippen molar-refractivity contribution in [3.05, 3.63) is 90.1 Å². The van der Waals surface area contributed by atoms with Crippen molar-refractivity contribution in [3.63, 3.8) is 0 Å². The van der Waals surface area contributed by atoms with Crippen LogP contribution in [-0.2, 0) is 22.7 Å². The summed E-state index contributed by atoms with van der Waals surface area (Å²) in [6, 6.07) is 18.5. The van der Waals surface area contributed by atoms with Crippen molar-refractivity contribution in [1.29, 1.82) is 0 Å². The Balaban J connectivity index is 1.49. The Bertz CT molecular complexity index is 1300. The van der Waals surface area contributed by atoms with Crippen LogP contribution in [0.3, 0.4) is 0 Å². The van der Waals surface area contributed by atoms with E-state index in [9.17, 15) is 9.59 Å². The van der Waals surface area contributed by atoms with Gasteiger partial charge in [-0.1, -0.05) is 61.2 Å². The number of carbonyl (C=O) groups is 2. The molecule has 2 aromatic heterocycles. The second kappa shape index (κ2) is 10.8. The molecule has 1 N–H and O–H groups in total. The molecule has 7 nitrogen and oxygen atoms in total. The Kier molecular flexibility index (Phi) is 7.16. The van der Waals surface area contributed by atoms with E-state index in [0.717, 1.165) is 47.8 Å². The molecule has 36 heavy (non-hydrogen) atoms. The Hall–Kier alpha value is -3.87. The van der Waals surface area contributed by atoms with Crippen LogP contribution in [0.15, 0.2) is 77.7 Å². The van der Waals surface area contributed by atoms with Gasteiger partial charge in [-0.3, -0.25) is 9.59 Å². The number of aryl methyl sites for hydroxylation is 1. The maximum Gasteiger partial charge on any atom is 0.247 e. The van der Waals surface area contributed by atoms with Gasteiger partial charge in [0, 0.05) is 6.04 Å². The summed E-state index contributed by atoms with van der Waals surface area (Å²) >= 11 is 0. The fourth-order valence-electron chi connectivity index (χ4n) is 5.02. The van der Waals surface area contributed by atoms with E-state index in [2.05, 4.69) is 10.3 Å². The number of para-hydroxylation sites is 2. The van der Waals surface area contributed by atoms with Crippen LogP contribution in [0.4, 0.5) is 0 Å². The van der Waals surface area contributed by atoms with Crippen LogP contribution in [0.25, 0.3) is 11.0 Å². The summed E-state index contributed by atoms with van der Waals surface area (Å²) in [4.78, 5) is 33.8. The first-order chi connectivity index (χ1) is 17.6. The molecule has 1 fully saturated rings. The van der Waals surface area contributed by atoms with Gasteiger partial charge in [-0.15, -0.1) is 0 Å². The number of nitrogens with one attached hydrogen (secondary N) is 1. The van der Waals surface area contributed by atoms with Gasteiger partial charge in [0.1, 0.15) is 18.3 Å². The van der Waals surface area contributed by atoms with E-state index in [4.69, 9.17) is 4.42 Å². The molecular formula is C29H32N4O3. The summed E-state index contributed by atoms with van der Waals surface area (Å²) in [5.41, 5.74) is 3.58. The fourth-order valence-corrected chi connectivity index (χ4v) is 5.02. The van der Waals surface area contributed by atoms with E-state index in [1.165, 1.54) is 6.42 Å². The number of hydrogen-bond donors (Lipinski definition) is 1. The third-order valence-electron chi connectivity index (χ3n) is 6.96. The third-order valence-corrected chi connectivity index (χ3v) is 6.96. The van der Waals surface area contributed by atoms with E-state index in [-0.39, 0.29) is 30.9 Å². The largest absolute Gasteiger partial charge is 0.467 e. The number of aromatic nitrogens is 2. The van der Waals surface area contributed by atoms with E-state index < -0.39 is 6.04 Å². The zero-order valence-corrected chi connectivity index (χ0v) is 20.6. The van der Waals surface area contributed by atoms with Crippen LogP contribution in [0, 0.1) is 6.92 Å². The first-order valence-corrected chi connectivity index (χ1v) is 12.7. The molecule has 5 rings (SSSR count). The number of imidazole rings is 1. The number of benzene rings is 2. The summed E-state index contributed by atoms with van der Waals surface area (Å²) in [6.07, 6.45) is 8.64. The van der Waals surface area contributed by atoms with Gasteiger partial charge in [-0.05, 0) is 49.6 Å². The van der Waals surface area contributed by atoms with Crippen molar-refractivity contribution in [3.8, 4) is 0 Å². The number of fused-ring (bicyclic) bond motifs is 1. The van der Waals surface area contributed by atoms with Gasteiger partial charge < -0.3 is 19.2 Å². The maximum atomic E-state index is 13.9. The molecule has 0 aliphatic heterocycles. The van der Waals surface area contributed by atoms with Crippen molar-refractivity contribution in [2.75, 3.05) is 0 Å². The van der Waals surface area contributed by atoms with Gasteiger partial charge >= 0.3 is 0 Å². The first kappa shape index (κ1) is 23.9. The average Bonchev–Trinajstić information content (AvgIpc) is 3.56.